The second-order valence-electron chi connectivity index (χ2n) is 3.07. The van der Waals surface area contributed by atoms with E-state index in [1.54, 1.807) is 0 Å². The molecule has 0 unspecified atom stereocenters. The number of hydrogen-bond donors (Lipinski definition) is 3. The monoisotopic (exact) mass is 206 g/mol. The summed E-state index contributed by atoms with van der Waals surface area (Å²) < 4.78 is 0. The highest BCUT2D eigenvalue weighted by Crippen LogP contribution is 2.17. The minimum absolute atomic E-state index is 0.426. The van der Waals surface area contributed by atoms with Crippen LogP contribution >= 0.6 is 12.2 Å². The van der Waals surface area contributed by atoms with Gasteiger partial charge in [0.25, 0.3) is 0 Å². The zero-order valence-electron chi connectivity index (χ0n) is 7.45. The van der Waals surface area contributed by atoms with Crippen LogP contribution in [0.1, 0.15) is 5.56 Å². The van der Waals surface area contributed by atoms with Crippen molar-refractivity contribution in [3.63, 3.8) is 0 Å². The number of hydrogen-bond acceptors (Lipinski definition) is 2. The van der Waals surface area contributed by atoms with Gasteiger partial charge in [0.2, 0.25) is 0 Å². The molecule has 72 valence electrons. The largest absolute Gasteiger partial charge is 0.361 e. The number of rotatable bonds is 2. The lowest BCUT2D eigenvalue weighted by Gasteiger charge is -1.99. The van der Waals surface area contributed by atoms with Gasteiger partial charge >= 0.3 is 0 Å². The maximum atomic E-state index is 8.60. The Kier molecular flexibility index (Phi) is 2.47. The molecule has 14 heavy (non-hydrogen) atoms. The maximum Gasteiger partial charge on any atom is 0.105 e. The van der Waals surface area contributed by atoms with E-state index in [9.17, 15) is 0 Å². The van der Waals surface area contributed by atoms with Crippen LogP contribution in [-0.4, -0.2) is 15.2 Å². The van der Waals surface area contributed by atoms with Crippen LogP contribution in [0, 0.1) is 0 Å². The van der Waals surface area contributed by atoms with E-state index < -0.39 is 0 Å². The number of thiocarbonyl (C=S) groups is 1. The first-order valence-electron chi connectivity index (χ1n) is 4.29. The predicted octanol–water partition coefficient (Wildman–Crippen LogP) is 2.02. The van der Waals surface area contributed by atoms with Crippen molar-refractivity contribution in [3.8, 4) is 0 Å². The number of benzene rings is 1. The first-order chi connectivity index (χ1) is 6.81. The van der Waals surface area contributed by atoms with Crippen molar-refractivity contribution < 1.29 is 5.21 Å². The molecule has 0 fully saturated rings. The van der Waals surface area contributed by atoms with Gasteiger partial charge in [0.1, 0.15) is 4.99 Å². The summed E-state index contributed by atoms with van der Waals surface area (Å²) in [5.74, 6) is 0. The lowest BCUT2D eigenvalue weighted by Crippen LogP contribution is -2.18. The zero-order valence-corrected chi connectivity index (χ0v) is 8.27. The predicted molar refractivity (Wildman–Crippen MR) is 59.5 cm³/mol. The number of para-hydroxylation sites is 1. The van der Waals surface area contributed by atoms with Crippen LogP contribution in [0.5, 0.6) is 0 Å². The first-order valence-corrected chi connectivity index (χ1v) is 4.70. The summed E-state index contributed by atoms with van der Waals surface area (Å²) in [4.78, 5) is 3.57. The Balaban J connectivity index is 2.38. The third-order valence-electron chi connectivity index (χ3n) is 2.15. The van der Waals surface area contributed by atoms with Gasteiger partial charge in [-0.1, -0.05) is 30.4 Å². The van der Waals surface area contributed by atoms with Crippen molar-refractivity contribution >= 4 is 28.1 Å². The number of aromatic amines is 1. The molecule has 3 nitrogen and oxygen atoms in total. The molecule has 2 rings (SSSR count). The van der Waals surface area contributed by atoms with Crippen LogP contribution in [0.15, 0.2) is 30.5 Å². The molecule has 0 amide bonds. The molecule has 0 saturated carbocycles. The van der Waals surface area contributed by atoms with Crippen LogP contribution in [0.4, 0.5) is 0 Å². The summed E-state index contributed by atoms with van der Waals surface area (Å²) in [6.07, 6.45) is 2.46. The van der Waals surface area contributed by atoms with Crippen LogP contribution in [-0.2, 0) is 6.42 Å². The van der Waals surface area contributed by atoms with E-state index in [0.717, 1.165) is 16.5 Å². The van der Waals surface area contributed by atoms with E-state index in [4.69, 9.17) is 17.4 Å². The topological polar surface area (TPSA) is 48.0 Å². The van der Waals surface area contributed by atoms with Crippen molar-refractivity contribution in [2.24, 2.45) is 0 Å². The van der Waals surface area contributed by atoms with E-state index in [1.807, 2.05) is 35.9 Å². The van der Waals surface area contributed by atoms with E-state index in [-0.39, 0.29) is 0 Å². The fraction of sp³-hybridized carbons (Fsp3) is 0.100. The second-order valence-corrected chi connectivity index (χ2v) is 3.56. The molecule has 0 spiro atoms. The Morgan fingerprint density at radius 1 is 1.43 bits per heavy atom. The van der Waals surface area contributed by atoms with E-state index in [0.29, 0.717) is 11.4 Å². The number of nitrogens with one attached hydrogen (secondary N) is 2. The molecule has 0 bridgehead atoms. The lowest BCUT2D eigenvalue weighted by atomic mass is 10.1. The Morgan fingerprint density at radius 2 is 2.21 bits per heavy atom. The Morgan fingerprint density at radius 3 is 3.00 bits per heavy atom. The number of aromatic nitrogens is 1. The number of hydroxylamine groups is 1. The van der Waals surface area contributed by atoms with Gasteiger partial charge < -0.3 is 4.98 Å². The van der Waals surface area contributed by atoms with Crippen LogP contribution in [0.25, 0.3) is 10.9 Å². The average Bonchev–Trinajstić information content (AvgIpc) is 2.62. The summed E-state index contributed by atoms with van der Waals surface area (Å²) in [5.41, 5.74) is 4.16. The van der Waals surface area contributed by atoms with Crippen molar-refractivity contribution in [1.82, 2.24) is 10.5 Å². The van der Waals surface area contributed by atoms with Gasteiger partial charge in [-0.05, 0) is 11.6 Å². The van der Waals surface area contributed by atoms with Crippen molar-refractivity contribution in [1.29, 1.82) is 0 Å². The van der Waals surface area contributed by atoms with Crippen molar-refractivity contribution in [2.45, 2.75) is 6.42 Å². The fourth-order valence-electron chi connectivity index (χ4n) is 1.49. The quantitative estimate of drug-likeness (QED) is 0.520. The molecule has 1 aromatic heterocycles. The number of H-pyrrole nitrogens is 1. The third kappa shape index (κ3) is 1.62. The fourth-order valence-corrected chi connectivity index (χ4v) is 1.65. The van der Waals surface area contributed by atoms with Gasteiger partial charge in [-0.3, -0.25) is 10.7 Å². The molecule has 2 aromatic rings. The highest BCUT2D eigenvalue weighted by atomic mass is 32.1. The van der Waals surface area contributed by atoms with Gasteiger partial charge in [0.15, 0.2) is 0 Å². The molecule has 0 saturated heterocycles. The molecule has 1 heterocycles. The summed E-state index contributed by atoms with van der Waals surface area (Å²) in [6.45, 7) is 0. The van der Waals surface area contributed by atoms with Gasteiger partial charge in [-0.25, -0.2) is 0 Å². The maximum absolute atomic E-state index is 8.60. The minimum Gasteiger partial charge on any atom is -0.361 e. The smallest absolute Gasteiger partial charge is 0.105 e. The molecule has 4 heteroatoms. The molecule has 0 atom stereocenters. The number of fused-ring (bicyclic) bond motifs is 1. The molecule has 0 aliphatic heterocycles. The second kappa shape index (κ2) is 3.77. The van der Waals surface area contributed by atoms with E-state index >= 15 is 0 Å². The molecular weight excluding hydrogens is 196 g/mol. The standard InChI is InChI=1S/C10H10N2OS/c13-12-10(14)5-7-6-11-9-4-2-1-3-8(7)9/h1-4,6,11,13H,5H2,(H,12,14). The van der Waals surface area contributed by atoms with E-state index in [2.05, 4.69) is 4.98 Å². The van der Waals surface area contributed by atoms with Crippen molar-refractivity contribution in [2.75, 3.05) is 0 Å². The highest BCUT2D eigenvalue weighted by Gasteiger charge is 2.04. The first kappa shape index (κ1) is 9.18. The highest BCUT2D eigenvalue weighted by molar-refractivity contribution is 7.80. The van der Waals surface area contributed by atoms with Gasteiger partial charge in [-0.2, -0.15) is 0 Å². The molecule has 0 aliphatic carbocycles. The minimum atomic E-state index is 0.426. The third-order valence-corrected chi connectivity index (χ3v) is 2.39. The van der Waals surface area contributed by atoms with Crippen molar-refractivity contribution in [3.05, 3.63) is 36.0 Å². The average molecular weight is 206 g/mol. The molecule has 1 aromatic carbocycles. The van der Waals surface area contributed by atoms with Crippen LogP contribution < -0.4 is 5.48 Å². The summed E-state index contributed by atoms with van der Waals surface area (Å²) in [6, 6.07) is 8.00. The molecule has 3 N–H and O–H groups in total. The summed E-state index contributed by atoms with van der Waals surface area (Å²) in [7, 11) is 0. The Labute approximate surface area is 86.7 Å². The Bertz CT molecular complexity index is 464. The SMILES string of the molecule is ONC(=S)Cc1c[nH]c2ccccc12. The van der Waals surface area contributed by atoms with Gasteiger partial charge in [-0.15, -0.1) is 0 Å². The van der Waals surface area contributed by atoms with Crippen LogP contribution in [0.2, 0.25) is 0 Å². The normalized spacial score (nSPS) is 10.4. The molecule has 0 radical (unpaired) electrons. The lowest BCUT2D eigenvalue weighted by molar-refractivity contribution is 0.235. The van der Waals surface area contributed by atoms with E-state index in [1.165, 1.54) is 0 Å². The molecule has 0 aliphatic rings. The summed E-state index contributed by atoms with van der Waals surface area (Å²) >= 11 is 4.89. The molecular formula is C10H10N2OS. The van der Waals surface area contributed by atoms with Gasteiger partial charge in [0, 0.05) is 23.5 Å². The summed E-state index contributed by atoms with van der Waals surface area (Å²) in [5, 5.41) is 9.75. The Hall–Kier alpha value is -1.39. The van der Waals surface area contributed by atoms with Gasteiger partial charge in [0.05, 0.1) is 0 Å². The zero-order chi connectivity index (χ0) is 9.97. The van der Waals surface area contributed by atoms with Crippen LogP contribution in [0.3, 0.4) is 0 Å².